The molecule has 1 amide bonds. The molecule has 0 spiro atoms. The lowest BCUT2D eigenvalue weighted by Crippen LogP contribution is -2.62. The van der Waals surface area contributed by atoms with Crippen molar-refractivity contribution in [3.63, 3.8) is 0 Å². The summed E-state index contributed by atoms with van der Waals surface area (Å²) >= 11 is 0. The van der Waals surface area contributed by atoms with E-state index in [2.05, 4.69) is 30.7 Å². The van der Waals surface area contributed by atoms with Gasteiger partial charge in [0.2, 0.25) is 0 Å². The SMILES string of the molecule is CO[C@@]1(c2ccnc(C(N)=O)c2)[C@@H]2CCC[C@H]1CN(C(C)(C)C)C2.Cl. The number of ether oxygens (including phenoxy) is 1. The summed E-state index contributed by atoms with van der Waals surface area (Å²) in [5.41, 5.74) is 6.63. The molecule has 2 aliphatic rings. The third kappa shape index (κ3) is 3.42. The summed E-state index contributed by atoms with van der Waals surface area (Å²) in [4.78, 5) is 18.3. The summed E-state index contributed by atoms with van der Waals surface area (Å²) in [5.74, 6) is 0.343. The van der Waals surface area contributed by atoms with Crippen molar-refractivity contribution in [1.82, 2.24) is 9.88 Å². The number of likely N-dealkylation sites (tertiary alicyclic amines) is 1. The smallest absolute Gasteiger partial charge is 0.267 e. The van der Waals surface area contributed by atoms with E-state index in [0.717, 1.165) is 31.5 Å². The second kappa shape index (κ2) is 7.22. The normalized spacial score (nSPS) is 29.8. The number of nitrogens with zero attached hydrogens (tertiary/aromatic N) is 2. The second-order valence-electron chi connectivity index (χ2n) is 8.19. The monoisotopic (exact) mass is 367 g/mol. The number of fused-ring (bicyclic) bond motifs is 2. The number of pyridine rings is 1. The van der Waals surface area contributed by atoms with Crippen LogP contribution in [0.2, 0.25) is 0 Å². The van der Waals surface area contributed by atoms with E-state index < -0.39 is 5.91 Å². The molecule has 2 fully saturated rings. The van der Waals surface area contributed by atoms with Crippen molar-refractivity contribution in [2.45, 2.75) is 51.2 Å². The first-order valence-electron chi connectivity index (χ1n) is 8.85. The van der Waals surface area contributed by atoms with Crippen LogP contribution in [0.5, 0.6) is 0 Å². The maximum Gasteiger partial charge on any atom is 0.267 e. The van der Waals surface area contributed by atoms with Crippen molar-refractivity contribution in [2.24, 2.45) is 17.6 Å². The maximum atomic E-state index is 11.6. The number of hydrogen-bond donors (Lipinski definition) is 1. The number of hydrogen-bond acceptors (Lipinski definition) is 4. The van der Waals surface area contributed by atoms with Gasteiger partial charge in [0.25, 0.3) is 5.91 Å². The van der Waals surface area contributed by atoms with Crippen molar-refractivity contribution >= 4 is 18.3 Å². The lowest BCUT2D eigenvalue weighted by molar-refractivity contribution is -0.179. The van der Waals surface area contributed by atoms with Gasteiger partial charge in [0, 0.05) is 43.8 Å². The Kier molecular flexibility index (Phi) is 5.81. The Bertz CT molecular complexity index is 615. The van der Waals surface area contributed by atoms with E-state index >= 15 is 0 Å². The fourth-order valence-corrected chi connectivity index (χ4v) is 4.71. The predicted octanol–water partition coefficient (Wildman–Crippen LogP) is 2.97. The second-order valence-corrected chi connectivity index (χ2v) is 8.19. The fraction of sp³-hybridized carbons (Fsp3) is 0.684. The molecule has 3 rings (SSSR count). The minimum atomic E-state index is -0.486. The van der Waals surface area contributed by atoms with Crippen LogP contribution < -0.4 is 5.73 Å². The molecule has 0 unspecified atom stereocenters. The largest absolute Gasteiger partial charge is 0.373 e. The molecule has 1 saturated heterocycles. The lowest BCUT2D eigenvalue weighted by Gasteiger charge is -2.57. The molecule has 2 bridgehead atoms. The molecule has 0 aromatic carbocycles. The van der Waals surface area contributed by atoms with Gasteiger partial charge in [0.05, 0.1) is 0 Å². The van der Waals surface area contributed by atoms with E-state index in [-0.39, 0.29) is 23.5 Å². The summed E-state index contributed by atoms with van der Waals surface area (Å²) in [5, 5.41) is 0. The van der Waals surface area contributed by atoms with Gasteiger partial charge >= 0.3 is 0 Å². The average Bonchev–Trinajstić information content (AvgIpc) is 2.52. The van der Waals surface area contributed by atoms with Gasteiger partial charge < -0.3 is 10.5 Å². The van der Waals surface area contributed by atoms with E-state index in [9.17, 15) is 4.79 Å². The van der Waals surface area contributed by atoms with Crippen molar-refractivity contribution in [3.05, 3.63) is 29.6 Å². The Hall–Kier alpha value is -1.17. The molecular weight excluding hydrogens is 338 g/mol. The highest BCUT2D eigenvalue weighted by atomic mass is 35.5. The number of nitrogens with two attached hydrogens (primary N) is 1. The summed E-state index contributed by atoms with van der Waals surface area (Å²) in [6.07, 6.45) is 5.21. The fourth-order valence-electron chi connectivity index (χ4n) is 4.71. The van der Waals surface area contributed by atoms with Gasteiger partial charge in [0.15, 0.2) is 0 Å². The molecule has 0 radical (unpaired) electrons. The van der Waals surface area contributed by atoms with Gasteiger partial charge in [-0.25, -0.2) is 0 Å². The van der Waals surface area contributed by atoms with Crippen LogP contribution in [-0.4, -0.2) is 41.5 Å². The molecule has 1 aliphatic heterocycles. The van der Waals surface area contributed by atoms with Gasteiger partial charge in [0.1, 0.15) is 11.3 Å². The van der Waals surface area contributed by atoms with E-state index in [1.54, 1.807) is 6.20 Å². The van der Waals surface area contributed by atoms with Crippen LogP contribution in [0.3, 0.4) is 0 Å². The summed E-state index contributed by atoms with van der Waals surface area (Å²) in [6, 6.07) is 3.83. The molecule has 6 heteroatoms. The number of carbonyl (C=O) groups excluding carboxylic acids is 1. The molecular formula is C19H30ClN3O2. The van der Waals surface area contributed by atoms with Crippen LogP contribution in [-0.2, 0) is 10.3 Å². The number of aromatic nitrogens is 1. The highest BCUT2D eigenvalue weighted by Crippen LogP contribution is 2.52. The van der Waals surface area contributed by atoms with E-state index in [0.29, 0.717) is 17.5 Å². The number of primary amides is 1. The zero-order chi connectivity index (χ0) is 17.5. The molecule has 1 saturated carbocycles. The quantitative estimate of drug-likeness (QED) is 0.891. The molecule has 1 aromatic rings. The minimum absolute atomic E-state index is 0. The Morgan fingerprint density at radius 1 is 1.32 bits per heavy atom. The summed E-state index contributed by atoms with van der Waals surface area (Å²) in [6.45, 7) is 8.87. The van der Waals surface area contributed by atoms with E-state index in [1.807, 2.05) is 19.2 Å². The number of methoxy groups -OCH3 is 1. The average molecular weight is 368 g/mol. The molecule has 3 atom stereocenters. The molecule has 1 aliphatic carbocycles. The Morgan fingerprint density at radius 3 is 2.40 bits per heavy atom. The van der Waals surface area contributed by atoms with E-state index in [4.69, 9.17) is 10.5 Å². The van der Waals surface area contributed by atoms with Crippen LogP contribution in [0.25, 0.3) is 0 Å². The van der Waals surface area contributed by atoms with Crippen LogP contribution in [0, 0.1) is 11.8 Å². The topological polar surface area (TPSA) is 68.5 Å². The van der Waals surface area contributed by atoms with Gasteiger partial charge in [-0.3, -0.25) is 14.7 Å². The van der Waals surface area contributed by atoms with Crippen LogP contribution in [0.1, 0.15) is 56.1 Å². The zero-order valence-corrected chi connectivity index (χ0v) is 16.4. The maximum absolute atomic E-state index is 11.6. The van der Waals surface area contributed by atoms with E-state index in [1.165, 1.54) is 6.42 Å². The third-order valence-electron chi connectivity index (χ3n) is 5.95. The number of rotatable bonds is 3. The van der Waals surface area contributed by atoms with Crippen LogP contribution in [0.4, 0.5) is 0 Å². The molecule has 140 valence electrons. The van der Waals surface area contributed by atoms with Gasteiger partial charge in [-0.2, -0.15) is 0 Å². The Balaban J connectivity index is 0.00000225. The van der Waals surface area contributed by atoms with Crippen LogP contribution >= 0.6 is 12.4 Å². The van der Waals surface area contributed by atoms with Crippen molar-refractivity contribution in [1.29, 1.82) is 0 Å². The van der Waals surface area contributed by atoms with Crippen LogP contribution in [0.15, 0.2) is 18.3 Å². The van der Waals surface area contributed by atoms with Gasteiger partial charge in [-0.05, 0) is 51.3 Å². The lowest BCUT2D eigenvalue weighted by atomic mass is 9.62. The standard InChI is InChI=1S/C19H29N3O2.ClH/c1-18(2,3)22-11-14-6-5-7-15(12-22)19(14,24-4)13-8-9-21-16(10-13)17(20)23;/h8-10,14-15H,5-7,11-12H2,1-4H3,(H2,20,23);1H/t14-,15+,19+;. The number of halogens is 1. The predicted molar refractivity (Wildman–Crippen MR) is 101 cm³/mol. The number of carbonyl (C=O) groups is 1. The molecule has 5 nitrogen and oxygen atoms in total. The first-order chi connectivity index (χ1) is 11.3. The summed E-state index contributed by atoms with van der Waals surface area (Å²) in [7, 11) is 1.81. The number of piperidine rings is 1. The number of amides is 1. The van der Waals surface area contributed by atoms with Crippen molar-refractivity contribution in [3.8, 4) is 0 Å². The summed E-state index contributed by atoms with van der Waals surface area (Å²) < 4.78 is 6.22. The minimum Gasteiger partial charge on any atom is -0.373 e. The molecule has 1 aromatic heterocycles. The van der Waals surface area contributed by atoms with Gasteiger partial charge in [-0.15, -0.1) is 12.4 Å². The zero-order valence-electron chi connectivity index (χ0n) is 15.6. The molecule has 2 heterocycles. The first kappa shape index (κ1) is 20.1. The highest BCUT2D eigenvalue weighted by Gasteiger charge is 2.54. The van der Waals surface area contributed by atoms with Gasteiger partial charge in [-0.1, -0.05) is 6.42 Å². The Labute approximate surface area is 156 Å². The molecule has 2 N–H and O–H groups in total. The Morgan fingerprint density at radius 2 is 1.92 bits per heavy atom. The van der Waals surface area contributed by atoms with Crippen molar-refractivity contribution in [2.75, 3.05) is 20.2 Å². The third-order valence-corrected chi connectivity index (χ3v) is 5.95. The molecule has 25 heavy (non-hydrogen) atoms. The first-order valence-corrected chi connectivity index (χ1v) is 8.85. The highest BCUT2D eigenvalue weighted by molar-refractivity contribution is 5.90. The van der Waals surface area contributed by atoms with Crippen molar-refractivity contribution < 1.29 is 9.53 Å².